The van der Waals surface area contributed by atoms with Crippen molar-refractivity contribution in [3.63, 3.8) is 0 Å². The number of carbonyl (C=O) groups excluding carboxylic acids is 2. The standard InChI is InChI=1S/C17H19NO6/c1-3-6-14(4-2)23-16(19)7-5-8-17(20)24-15-11-9-13(10-12-15)18(21)22/h9-12,14H,4-5,7-8H2,1-2H3. The van der Waals surface area contributed by atoms with Crippen LogP contribution in [0.2, 0.25) is 0 Å². The van der Waals surface area contributed by atoms with Gasteiger partial charge >= 0.3 is 11.9 Å². The zero-order chi connectivity index (χ0) is 17.9. The zero-order valence-corrected chi connectivity index (χ0v) is 13.6. The van der Waals surface area contributed by atoms with Crippen LogP contribution in [-0.4, -0.2) is 23.0 Å². The minimum absolute atomic E-state index is 0.0440. The highest BCUT2D eigenvalue weighted by molar-refractivity contribution is 5.74. The summed E-state index contributed by atoms with van der Waals surface area (Å²) < 4.78 is 10.2. The third kappa shape index (κ3) is 6.92. The number of carbonyl (C=O) groups is 2. The molecule has 0 N–H and O–H groups in total. The van der Waals surface area contributed by atoms with Crippen LogP contribution in [0.4, 0.5) is 5.69 Å². The molecule has 0 aromatic heterocycles. The Balaban J connectivity index is 2.34. The monoisotopic (exact) mass is 333 g/mol. The summed E-state index contributed by atoms with van der Waals surface area (Å²) in [6.07, 6.45) is 0.615. The van der Waals surface area contributed by atoms with Gasteiger partial charge in [-0.3, -0.25) is 19.7 Å². The average Bonchev–Trinajstić information content (AvgIpc) is 2.54. The fourth-order valence-corrected chi connectivity index (χ4v) is 1.79. The SMILES string of the molecule is CC#CC(CC)OC(=O)CCCC(=O)Oc1ccc([N+](=O)[O-])cc1. The van der Waals surface area contributed by atoms with Crippen molar-refractivity contribution < 1.29 is 24.0 Å². The number of non-ortho nitro benzene ring substituents is 1. The lowest BCUT2D eigenvalue weighted by atomic mass is 10.2. The number of nitro groups is 1. The van der Waals surface area contributed by atoms with Crippen LogP contribution in [0.5, 0.6) is 5.75 Å². The fraction of sp³-hybridized carbons (Fsp3) is 0.412. The van der Waals surface area contributed by atoms with Gasteiger partial charge in [-0.05, 0) is 31.9 Å². The number of ether oxygens (including phenoxy) is 2. The summed E-state index contributed by atoms with van der Waals surface area (Å²) >= 11 is 0. The Bertz CT molecular complexity index is 641. The Kier molecular flexibility index (Phi) is 7.99. The third-order valence-corrected chi connectivity index (χ3v) is 2.99. The lowest BCUT2D eigenvalue weighted by Gasteiger charge is -2.10. The van der Waals surface area contributed by atoms with Gasteiger partial charge in [0, 0.05) is 25.0 Å². The molecule has 7 nitrogen and oxygen atoms in total. The Morgan fingerprint density at radius 1 is 1.21 bits per heavy atom. The molecular weight excluding hydrogens is 314 g/mol. The molecule has 7 heteroatoms. The summed E-state index contributed by atoms with van der Waals surface area (Å²) in [5.74, 6) is 4.76. The van der Waals surface area contributed by atoms with E-state index in [1.807, 2.05) is 6.92 Å². The summed E-state index contributed by atoms with van der Waals surface area (Å²) in [6.45, 7) is 3.54. The topological polar surface area (TPSA) is 95.7 Å². The van der Waals surface area contributed by atoms with Gasteiger partial charge in [0.25, 0.3) is 5.69 Å². The molecule has 0 aliphatic heterocycles. The molecule has 1 unspecified atom stereocenters. The van der Waals surface area contributed by atoms with Gasteiger partial charge in [-0.2, -0.15) is 0 Å². The first-order valence-electron chi connectivity index (χ1n) is 7.53. The van der Waals surface area contributed by atoms with Gasteiger partial charge in [-0.1, -0.05) is 12.8 Å². The fourth-order valence-electron chi connectivity index (χ4n) is 1.79. The van der Waals surface area contributed by atoms with Gasteiger partial charge in [0.2, 0.25) is 0 Å². The van der Waals surface area contributed by atoms with E-state index in [4.69, 9.17) is 9.47 Å². The normalized spacial score (nSPS) is 10.9. The van der Waals surface area contributed by atoms with E-state index in [0.717, 1.165) is 0 Å². The number of rotatable bonds is 8. The maximum Gasteiger partial charge on any atom is 0.311 e. The molecule has 0 saturated heterocycles. The van der Waals surface area contributed by atoms with Gasteiger partial charge in [0.15, 0.2) is 6.10 Å². The summed E-state index contributed by atoms with van der Waals surface area (Å²) in [5, 5.41) is 10.5. The first kappa shape index (κ1) is 19.2. The molecule has 0 aliphatic carbocycles. The molecule has 0 heterocycles. The Labute approximate surface area is 140 Å². The van der Waals surface area contributed by atoms with E-state index >= 15 is 0 Å². The maximum absolute atomic E-state index is 11.7. The van der Waals surface area contributed by atoms with E-state index in [1.54, 1.807) is 6.92 Å². The van der Waals surface area contributed by atoms with Gasteiger partial charge in [-0.25, -0.2) is 0 Å². The second-order valence-electron chi connectivity index (χ2n) is 4.86. The average molecular weight is 333 g/mol. The van der Waals surface area contributed by atoms with Crippen LogP contribution in [0.3, 0.4) is 0 Å². The minimum atomic E-state index is -0.538. The molecule has 24 heavy (non-hydrogen) atoms. The molecule has 0 spiro atoms. The molecule has 1 aromatic carbocycles. The summed E-state index contributed by atoms with van der Waals surface area (Å²) in [5.41, 5.74) is -0.0850. The molecule has 0 saturated carbocycles. The smallest absolute Gasteiger partial charge is 0.311 e. The van der Waals surface area contributed by atoms with Crippen LogP contribution in [0.1, 0.15) is 39.5 Å². The number of nitro benzene ring substituents is 1. The lowest BCUT2D eigenvalue weighted by molar-refractivity contribution is -0.384. The number of hydrogen-bond acceptors (Lipinski definition) is 6. The van der Waals surface area contributed by atoms with E-state index in [9.17, 15) is 19.7 Å². The number of esters is 2. The van der Waals surface area contributed by atoms with E-state index in [1.165, 1.54) is 24.3 Å². The highest BCUT2D eigenvalue weighted by atomic mass is 16.6. The van der Waals surface area contributed by atoms with Crippen molar-refractivity contribution in [1.82, 2.24) is 0 Å². The number of benzene rings is 1. The van der Waals surface area contributed by atoms with Crippen molar-refractivity contribution in [2.75, 3.05) is 0 Å². The molecular formula is C17H19NO6. The molecule has 1 aromatic rings. The first-order chi connectivity index (χ1) is 11.5. The molecule has 0 fully saturated rings. The Morgan fingerprint density at radius 3 is 2.38 bits per heavy atom. The van der Waals surface area contributed by atoms with Crippen molar-refractivity contribution in [3.8, 4) is 17.6 Å². The van der Waals surface area contributed by atoms with Crippen LogP contribution in [0.15, 0.2) is 24.3 Å². The van der Waals surface area contributed by atoms with Crippen LogP contribution in [-0.2, 0) is 14.3 Å². The van der Waals surface area contributed by atoms with Gasteiger partial charge in [0.1, 0.15) is 5.75 Å². The van der Waals surface area contributed by atoms with Crippen LogP contribution in [0, 0.1) is 22.0 Å². The summed E-state index contributed by atoms with van der Waals surface area (Å²) in [6, 6.07) is 5.19. The predicted octanol–water partition coefficient (Wildman–Crippen LogP) is 3.02. The van der Waals surface area contributed by atoms with Crippen molar-refractivity contribution in [3.05, 3.63) is 34.4 Å². The molecule has 128 valence electrons. The summed E-state index contributed by atoms with van der Waals surface area (Å²) in [4.78, 5) is 33.3. The molecule has 1 atom stereocenters. The minimum Gasteiger partial charge on any atom is -0.449 e. The largest absolute Gasteiger partial charge is 0.449 e. The second kappa shape index (κ2) is 10.0. The quantitative estimate of drug-likeness (QED) is 0.238. The lowest BCUT2D eigenvalue weighted by Crippen LogP contribution is -2.16. The summed E-state index contributed by atoms with van der Waals surface area (Å²) in [7, 11) is 0. The van der Waals surface area contributed by atoms with Crippen molar-refractivity contribution in [2.24, 2.45) is 0 Å². The molecule has 0 amide bonds. The molecule has 0 aliphatic rings. The molecule has 1 rings (SSSR count). The van der Waals surface area contributed by atoms with Gasteiger partial charge < -0.3 is 9.47 Å². The highest BCUT2D eigenvalue weighted by Gasteiger charge is 2.12. The zero-order valence-electron chi connectivity index (χ0n) is 13.6. The Morgan fingerprint density at radius 2 is 1.83 bits per heavy atom. The van der Waals surface area contributed by atoms with Crippen LogP contribution < -0.4 is 4.74 Å². The molecule has 0 radical (unpaired) electrons. The van der Waals surface area contributed by atoms with Crippen molar-refractivity contribution in [2.45, 2.75) is 45.6 Å². The van der Waals surface area contributed by atoms with Crippen LogP contribution >= 0.6 is 0 Å². The van der Waals surface area contributed by atoms with Crippen molar-refractivity contribution in [1.29, 1.82) is 0 Å². The number of hydrogen-bond donors (Lipinski definition) is 0. The maximum atomic E-state index is 11.7. The number of nitrogens with zero attached hydrogens (tertiary/aromatic N) is 1. The molecule has 0 bridgehead atoms. The van der Waals surface area contributed by atoms with E-state index in [0.29, 0.717) is 12.8 Å². The predicted molar refractivity (Wildman–Crippen MR) is 86.2 cm³/mol. The van der Waals surface area contributed by atoms with Crippen molar-refractivity contribution >= 4 is 17.6 Å². The van der Waals surface area contributed by atoms with Crippen LogP contribution in [0.25, 0.3) is 0 Å². The first-order valence-corrected chi connectivity index (χ1v) is 7.53. The van der Waals surface area contributed by atoms with Gasteiger partial charge in [0.05, 0.1) is 4.92 Å². The van der Waals surface area contributed by atoms with E-state index in [2.05, 4.69) is 11.8 Å². The van der Waals surface area contributed by atoms with Gasteiger partial charge in [-0.15, -0.1) is 5.92 Å². The highest BCUT2D eigenvalue weighted by Crippen LogP contribution is 2.18. The van der Waals surface area contributed by atoms with E-state index in [-0.39, 0.29) is 24.3 Å². The third-order valence-electron chi connectivity index (χ3n) is 2.99. The second-order valence-corrected chi connectivity index (χ2v) is 4.86. The van der Waals surface area contributed by atoms with E-state index < -0.39 is 23.0 Å². The Hall–Kier alpha value is -2.88.